The Morgan fingerprint density at radius 3 is 1.51 bits per heavy atom. The molecule has 3 rings (SSSR count). The van der Waals surface area contributed by atoms with Crippen LogP contribution in [0.2, 0.25) is 0 Å². The number of benzene rings is 3. The van der Waals surface area contributed by atoms with Crippen LogP contribution in [0.5, 0.6) is 0 Å². The minimum atomic E-state index is -6.34. The van der Waals surface area contributed by atoms with Crippen LogP contribution in [-0.2, 0) is 13.7 Å². The van der Waals surface area contributed by atoms with Gasteiger partial charge in [-0.25, -0.2) is 8.78 Å². The average molecular weight is 533 g/mol. The molecule has 0 amide bonds. The first-order valence-electron chi connectivity index (χ1n) is 9.72. The van der Waals surface area contributed by atoms with Gasteiger partial charge < -0.3 is 0 Å². The van der Waals surface area contributed by atoms with Crippen molar-refractivity contribution in [2.75, 3.05) is 0 Å². The fourth-order valence-corrected chi connectivity index (χ4v) is 7.87. The Bertz CT molecular complexity index is 1330. The van der Waals surface area contributed by atoms with Gasteiger partial charge in [0.05, 0.1) is 4.90 Å². The maximum Gasteiger partial charge on any atom is 0.524 e. The summed E-state index contributed by atoms with van der Waals surface area (Å²) in [4.78, 5) is 22.3. The highest BCUT2D eigenvalue weighted by Crippen LogP contribution is 2.71. The standard InChI is InChI=1S/C23H17F5O5S2/c1-14(29)16-3-8-19(9-4-16)34(33-35(31,32)23(26,27)28,22-12-7-18(24)13-21(22)25)20-10-5-17(6-11-20)15(2)30/h3-13H,1-2H3. The minimum Gasteiger partial charge on any atom is -0.295 e. The predicted molar refractivity (Wildman–Crippen MR) is 118 cm³/mol. The predicted octanol–water partition coefficient (Wildman–Crippen LogP) is 6.43. The van der Waals surface area contributed by atoms with Crippen molar-refractivity contribution in [3.63, 3.8) is 0 Å². The third-order valence-corrected chi connectivity index (χ3v) is 9.79. The molecular formula is C23H17F5O5S2. The second kappa shape index (κ2) is 9.51. The van der Waals surface area contributed by atoms with E-state index in [0.717, 1.165) is 36.4 Å². The van der Waals surface area contributed by atoms with Crippen LogP contribution in [0.4, 0.5) is 22.0 Å². The molecule has 0 unspecified atom stereocenters. The van der Waals surface area contributed by atoms with Gasteiger partial charge in [-0.2, -0.15) is 25.2 Å². The molecule has 35 heavy (non-hydrogen) atoms. The Morgan fingerprint density at radius 2 is 1.17 bits per heavy atom. The van der Waals surface area contributed by atoms with Crippen molar-refractivity contribution in [1.29, 1.82) is 0 Å². The van der Waals surface area contributed by atoms with E-state index in [2.05, 4.69) is 0 Å². The average Bonchev–Trinajstić information content (AvgIpc) is 2.77. The molecule has 0 heterocycles. The Labute approximate surface area is 199 Å². The van der Waals surface area contributed by atoms with Crippen molar-refractivity contribution in [1.82, 2.24) is 0 Å². The van der Waals surface area contributed by atoms with Crippen molar-refractivity contribution < 1.29 is 43.6 Å². The van der Waals surface area contributed by atoms with Gasteiger partial charge >= 0.3 is 15.6 Å². The van der Waals surface area contributed by atoms with Gasteiger partial charge in [-0.15, -0.1) is 0 Å². The molecule has 0 aliphatic carbocycles. The molecule has 0 radical (unpaired) electrons. The van der Waals surface area contributed by atoms with Crippen LogP contribution in [0.15, 0.2) is 81.4 Å². The largest absolute Gasteiger partial charge is 0.524 e. The molecule has 0 N–H and O–H groups in total. The summed E-state index contributed by atoms with van der Waals surface area (Å²) in [5.74, 6) is -3.19. The molecule has 3 aromatic rings. The highest BCUT2D eigenvalue weighted by atomic mass is 32.3. The number of Topliss-reactive ketones (excluding diaryl/α,β-unsaturated/α-hetero) is 2. The zero-order chi connectivity index (χ0) is 26.2. The van der Waals surface area contributed by atoms with Gasteiger partial charge in [-0.3, -0.25) is 9.59 Å². The molecule has 0 saturated carbocycles. The van der Waals surface area contributed by atoms with Crippen molar-refractivity contribution in [2.45, 2.75) is 34.0 Å². The number of ketones is 2. The normalized spacial score (nSPS) is 12.9. The van der Waals surface area contributed by atoms with Gasteiger partial charge in [0.15, 0.2) is 11.6 Å². The van der Waals surface area contributed by atoms with E-state index in [1.54, 1.807) is 0 Å². The van der Waals surface area contributed by atoms with E-state index in [9.17, 15) is 35.6 Å². The molecule has 12 heteroatoms. The molecule has 5 nitrogen and oxygen atoms in total. The first-order valence-corrected chi connectivity index (χ1v) is 12.7. The summed E-state index contributed by atoms with van der Waals surface area (Å²) in [6.45, 7) is 2.47. The summed E-state index contributed by atoms with van der Waals surface area (Å²) in [6.07, 6.45) is 0. The van der Waals surface area contributed by atoms with Crippen LogP contribution >= 0.6 is 10.3 Å². The van der Waals surface area contributed by atoms with Crippen molar-refractivity contribution in [3.05, 3.63) is 89.5 Å². The third-order valence-electron chi connectivity index (χ3n) is 4.86. The number of carbonyl (C=O) groups is 2. The summed E-state index contributed by atoms with van der Waals surface area (Å²) in [5.41, 5.74) is -5.58. The molecule has 0 aliphatic rings. The summed E-state index contributed by atoms with van der Waals surface area (Å²) in [7, 11) is -10.4. The number of hydrogen-bond acceptors (Lipinski definition) is 5. The highest BCUT2D eigenvalue weighted by molar-refractivity contribution is 8.33. The molecule has 186 valence electrons. The Morgan fingerprint density at radius 1 is 0.743 bits per heavy atom. The van der Waals surface area contributed by atoms with Crippen molar-refractivity contribution >= 4 is 32.0 Å². The Balaban J connectivity index is 2.46. The first-order chi connectivity index (χ1) is 16.2. The maximum atomic E-state index is 15.1. The lowest BCUT2D eigenvalue weighted by molar-refractivity contribution is -0.0496. The SMILES string of the molecule is CC(=O)c1ccc(S(OS(=O)(=O)C(F)(F)F)(c2ccc(C(C)=O)cc2)c2ccc(F)cc2F)cc1. The quantitative estimate of drug-likeness (QED) is 0.199. The third kappa shape index (κ3) is 5.14. The zero-order valence-corrected chi connectivity index (χ0v) is 19.7. The lowest BCUT2D eigenvalue weighted by Gasteiger charge is -2.39. The van der Waals surface area contributed by atoms with Crippen LogP contribution in [0.1, 0.15) is 34.6 Å². The topological polar surface area (TPSA) is 77.5 Å². The van der Waals surface area contributed by atoms with E-state index in [1.165, 1.54) is 38.1 Å². The van der Waals surface area contributed by atoms with E-state index >= 15 is 4.39 Å². The molecule has 0 bridgehead atoms. The number of carbonyl (C=O) groups excluding carboxylic acids is 2. The van der Waals surface area contributed by atoms with E-state index < -0.39 is 42.5 Å². The smallest absolute Gasteiger partial charge is 0.295 e. The van der Waals surface area contributed by atoms with E-state index in [-0.39, 0.29) is 32.5 Å². The second-order valence-corrected chi connectivity index (χ2v) is 11.7. The van der Waals surface area contributed by atoms with Crippen LogP contribution in [0.25, 0.3) is 0 Å². The molecule has 0 atom stereocenters. The van der Waals surface area contributed by atoms with Gasteiger partial charge in [0, 0.05) is 27.0 Å². The van der Waals surface area contributed by atoms with Crippen molar-refractivity contribution in [2.24, 2.45) is 0 Å². The lowest BCUT2D eigenvalue weighted by atomic mass is 10.1. The first kappa shape index (κ1) is 26.5. The van der Waals surface area contributed by atoms with Crippen LogP contribution in [0, 0.1) is 11.6 Å². The fraction of sp³-hybridized carbons (Fsp3) is 0.130. The van der Waals surface area contributed by atoms with E-state index in [1.807, 2.05) is 0 Å². The lowest BCUT2D eigenvalue weighted by Crippen LogP contribution is -2.27. The number of halogens is 5. The van der Waals surface area contributed by atoms with Gasteiger partial charge in [0.2, 0.25) is 0 Å². The van der Waals surface area contributed by atoms with Crippen molar-refractivity contribution in [3.8, 4) is 0 Å². The molecule has 0 saturated heterocycles. The van der Waals surface area contributed by atoms with Crippen LogP contribution in [-0.4, -0.2) is 25.5 Å². The maximum absolute atomic E-state index is 15.1. The van der Waals surface area contributed by atoms with E-state index in [0.29, 0.717) is 6.07 Å². The molecule has 0 fully saturated rings. The Hall–Kier alpha value is -3.09. The highest BCUT2D eigenvalue weighted by Gasteiger charge is 2.53. The van der Waals surface area contributed by atoms with Gasteiger partial charge in [-0.05, 0) is 60.6 Å². The number of hydrogen-bond donors (Lipinski definition) is 0. The summed E-state index contributed by atoms with van der Waals surface area (Å²) < 4.78 is 98.7. The van der Waals surface area contributed by atoms with Gasteiger partial charge in [0.1, 0.15) is 11.6 Å². The molecule has 3 aromatic carbocycles. The number of alkyl halides is 3. The molecule has 0 aliphatic heterocycles. The second-order valence-electron chi connectivity index (χ2n) is 7.26. The van der Waals surface area contributed by atoms with Crippen LogP contribution in [0.3, 0.4) is 0 Å². The summed E-state index contributed by atoms with van der Waals surface area (Å²) >= 11 is 0. The summed E-state index contributed by atoms with van der Waals surface area (Å²) in [5, 5.41) is 0. The monoisotopic (exact) mass is 532 g/mol. The Kier molecular flexibility index (Phi) is 7.21. The molecular weight excluding hydrogens is 515 g/mol. The fourth-order valence-electron chi connectivity index (χ4n) is 3.15. The van der Waals surface area contributed by atoms with Gasteiger partial charge in [0.25, 0.3) is 0 Å². The molecule has 0 spiro atoms. The van der Waals surface area contributed by atoms with Gasteiger partial charge in [-0.1, -0.05) is 24.3 Å². The zero-order valence-electron chi connectivity index (χ0n) is 18.1. The van der Waals surface area contributed by atoms with Crippen LogP contribution < -0.4 is 0 Å². The number of rotatable bonds is 7. The van der Waals surface area contributed by atoms with E-state index in [4.69, 9.17) is 3.63 Å². The molecule has 0 aromatic heterocycles. The minimum absolute atomic E-state index is 0.146. The summed E-state index contributed by atoms with van der Waals surface area (Å²) in [6, 6.07) is 11.3.